The zero-order valence-electron chi connectivity index (χ0n) is 9.69. The molecule has 0 spiro atoms. The van der Waals surface area contributed by atoms with E-state index in [1.54, 1.807) is 7.11 Å². The lowest BCUT2D eigenvalue weighted by Crippen LogP contribution is -1.94. The highest BCUT2D eigenvalue weighted by Crippen LogP contribution is 2.32. The minimum absolute atomic E-state index is 0.259. The van der Waals surface area contributed by atoms with Crippen molar-refractivity contribution >= 4 is 8.15 Å². The largest absolute Gasteiger partial charge is 0.497 e. The van der Waals surface area contributed by atoms with Gasteiger partial charge in [-0.2, -0.15) is 0 Å². The lowest BCUT2D eigenvalue weighted by atomic mass is 10.2. The molecule has 2 nitrogen and oxygen atoms in total. The zero-order chi connectivity index (χ0) is 11.1. The molecule has 0 aromatic heterocycles. The third kappa shape index (κ3) is 4.63. The van der Waals surface area contributed by atoms with E-state index in [0.717, 1.165) is 24.9 Å². The van der Waals surface area contributed by atoms with Crippen molar-refractivity contribution in [2.75, 3.05) is 26.5 Å². The van der Waals surface area contributed by atoms with Gasteiger partial charge in [0.05, 0.1) is 7.11 Å². The summed E-state index contributed by atoms with van der Waals surface area (Å²) in [6, 6.07) is 8.24. The fraction of sp³-hybridized carbons (Fsp3) is 0.500. The van der Waals surface area contributed by atoms with Gasteiger partial charge in [-0.15, -0.1) is 0 Å². The van der Waals surface area contributed by atoms with Gasteiger partial charge in [-0.05, 0) is 43.9 Å². The van der Waals surface area contributed by atoms with Crippen LogP contribution < -0.4 is 4.74 Å². The Bertz CT molecular complexity index is 289. The Hall–Kier alpha value is -0.590. The van der Waals surface area contributed by atoms with Crippen LogP contribution in [0.2, 0.25) is 0 Å². The second kappa shape index (κ2) is 6.81. The summed E-state index contributed by atoms with van der Waals surface area (Å²) in [6.45, 7) is 5.05. The Morgan fingerprint density at radius 2 is 2.13 bits per heavy atom. The quantitative estimate of drug-likeness (QED) is 0.693. The first-order valence-electron chi connectivity index (χ1n) is 5.23. The van der Waals surface area contributed by atoms with Gasteiger partial charge in [0.1, 0.15) is 5.75 Å². The van der Waals surface area contributed by atoms with Crippen molar-refractivity contribution in [3.63, 3.8) is 0 Å². The summed E-state index contributed by atoms with van der Waals surface area (Å²) in [7, 11) is 1.44. The maximum atomic E-state index is 5.55. The number of aryl methyl sites for hydroxylation is 1. The summed E-state index contributed by atoms with van der Waals surface area (Å²) < 4.78 is 10.7. The van der Waals surface area contributed by atoms with Crippen molar-refractivity contribution < 1.29 is 9.26 Å². The standard InChI is InChI=1S/C12H19O2P/c1-4-14-15(3)9-8-11-6-5-7-12(10-11)13-2/h5-7,10H,4,8-9H2,1-3H3. The van der Waals surface area contributed by atoms with E-state index < -0.39 is 0 Å². The predicted octanol–water partition coefficient (Wildman–Crippen LogP) is 3.30. The van der Waals surface area contributed by atoms with Gasteiger partial charge in [0.15, 0.2) is 0 Å². The Morgan fingerprint density at radius 3 is 2.80 bits per heavy atom. The van der Waals surface area contributed by atoms with Crippen LogP contribution in [0.3, 0.4) is 0 Å². The van der Waals surface area contributed by atoms with Gasteiger partial charge in [-0.3, -0.25) is 0 Å². The lowest BCUT2D eigenvalue weighted by Gasteiger charge is -2.11. The van der Waals surface area contributed by atoms with Gasteiger partial charge >= 0.3 is 0 Å². The fourth-order valence-corrected chi connectivity index (χ4v) is 2.54. The van der Waals surface area contributed by atoms with Crippen LogP contribution in [-0.4, -0.2) is 26.5 Å². The molecule has 0 aliphatic carbocycles. The highest BCUT2D eigenvalue weighted by molar-refractivity contribution is 7.51. The SMILES string of the molecule is CCOP(C)CCc1cccc(OC)c1. The number of hydrogen-bond acceptors (Lipinski definition) is 2. The van der Waals surface area contributed by atoms with Gasteiger partial charge in [0.25, 0.3) is 0 Å². The van der Waals surface area contributed by atoms with E-state index in [2.05, 4.69) is 18.8 Å². The average Bonchev–Trinajstić information content (AvgIpc) is 2.27. The minimum Gasteiger partial charge on any atom is -0.497 e. The molecule has 0 N–H and O–H groups in total. The van der Waals surface area contributed by atoms with Crippen LogP contribution in [0.5, 0.6) is 5.75 Å². The number of rotatable bonds is 6. The third-order valence-electron chi connectivity index (χ3n) is 2.20. The van der Waals surface area contributed by atoms with Crippen LogP contribution in [0.15, 0.2) is 24.3 Å². The van der Waals surface area contributed by atoms with E-state index >= 15 is 0 Å². The summed E-state index contributed by atoms with van der Waals surface area (Å²) in [5.41, 5.74) is 1.32. The molecule has 1 rings (SSSR count). The van der Waals surface area contributed by atoms with Crippen LogP contribution in [-0.2, 0) is 10.9 Å². The molecule has 84 valence electrons. The van der Waals surface area contributed by atoms with E-state index in [0.29, 0.717) is 0 Å². The van der Waals surface area contributed by atoms with E-state index in [9.17, 15) is 0 Å². The van der Waals surface area contributed by atoms with Crippen molar-refractivity contribution in [1.82, 2.24) is 0 Å². The molecular weight excluding hydrogens is 207 g/mol. The Morgan fingerprint density at radius 1 is 1.33 bits per heavy atom. The number of hydrogen-bond donors (Lipinski definition) is 0. The molecule has 0 amide bonds. The first-order chi connectivity index (χ1) is 7.26. The topological polar surface area (TPSA) is 18.5 Å². The van der Waals surface area contributed by atoms with Crippen LogP contribution in [0.25, 0.3) is 0 Å². The molecule has 0 saturated heterocycles. The highest BCUT2D eigenvalue weighted by Gasteiger charge is 2.02. The molecule has 0 heterocycles. The number of methoxy groups -OCH3 is 1. The van der Waals surface area contributed by atoms with Crippen molar-refractivity contribution in [1.29, 1.82) is 0 Å². The normalized spacial score (nSPS) is 12.5. The van der Waals surface area contributed by atoms with E-state index in [1.165, 1.54) is 5.56 Å². The second-order valence-corrected chi connectivity index (χ2v) is 5.33. The summed E-state index contributed by atoms with van der Waals surface area (Å²) >= 11 is 0. The van der Waals surface area contributed by atoms with Crippen molar-refractivity contribution in [3.05, 3.63) is 29.8 Å². The summed E-state index contributed by atoms with van der Waals surface area (Å²) in [5, 5.41) is 0. The number of ether oxygens (including phenoxy) is 1. The monoisotopic (exact) mass is 226 g/mol. The van der Waals surface area contributed by atoms with Gasteiger partial charge in [-0.25, -0.2) is 0 Å². The average molecular weight is 226 g/mol. The molecule has 1 aromatic carbocycles. The van der Waals surface area contributed by atoms with Gasteiger partial charge < -0.3 is 9.26 Å². The molecule has 1 unspecified atom stereocenters. The van der Waals surface area contributed by atoms with E-state index in [-0.39, 0.29) is 8.15 Å². The van der Waals surface area contributed by atoms with E-state index in [1.807, 2.05) is 19.1 Å². The summed E-state index contributed by atoms with van der Waals surface area (Å²) in [4.78, 5) is 0. The predicted molar refractivity (Wildman–Crippen MR) is 66.0 cm³/mol. The molecule has 1 aromatic rings. The Labute approximate surface area is 93.4 Å². The summed E-state index contributed by atoms with van der Waals surface area (Å²) in [5.74, 6) is 0.935. The second-order valence-electron chi connectivity index (χ2n) is 3.37. The first-order valence-corrected chi connectivity index (χ1v) is 7.12. The molecule has 0 aliphatic rings. The molecule has 15 heavy (non-hydrogen) atoms. The minimum atomic E-state index is -0.259. The van der Waals surface area contributed by atoms with Crippen molar-refractivity contribution in [2.24, 2.45) is 0 Å². The fourth-order valence-electron chi connectivity index (χ4n) is 1.40. The first kappa shape index (κ1) is 12.5. The molecule has 0 fully saturated rings. The van der Waals surface area contributed by atoms with Crippen LogP contribution in [0.4, 0.5) is 0 Å². The van der Waals surface area contributed by atoms with E-state index in [4.69, 9.17) is 9.26 Å². The molecule has 0 bridgehead atoms. The summed E-state index contributed by atoms with van der Waals surface area (Å²) in [6.07, 6.45) is 2.19. The Kier molecular flexibility index (Phi) is 5.67. The molecule has 0 aliphatic heterocycles. The number of benzene rings is 1. The van der Waals surface area contributed by atoms with Crippen LogP contribution in [0, 0.1) is 0 Å². The Balaban J connectivity index is 2.43. The molecule has 1 atom stereocenters. The van der Waals surface area contributed by atoms with Crippen LogP contribution >= 0.6 is 8.15 Å². The molecule has 0 saturated carbocycles. The smallest absolute Gasteiger partial charge is 0.119 e. The maximum absolute atomic E-state index is 5.55. The van der Waals surface area contributed by atoms with Gasteiger partial charge in [0.2, 0.25) is 0 Å². The molecule has 3 heteroatoms. The van der Waals surface area contributed by atoms with Crippen molar-refractivity contribution in [2.45, 2.75) is 13.3 Å². The van der Waals surface area contributed by atoms with Gasteiger partial charge in [0, 0.05) is 14.8 Å². The zero-order valence-corrected chi connectivity index (χ0v) is 10.6. The highest BCUT2D eigenvalue weighted by atomic mass is 31.1. The lowest BCUT2D eigenvalue weighted by molar-refractivity contribution is 0.380. The third-order valence-corrected chi connectivity index (χ3v) is 3.75. The molecule has 0 radical (unpaired) electrons. The van der Waals surface area contributed by atoms with Gasteiger partial charge in [-0.1, -0.05) is 12.1 Å². The maximum Gasteiger partial charge on any atom is 0.119 e. The van der Waals surface area contributed by atoms with Crippen LogP contribution in [0.1, 0.15) is 12.5 Å². The molecular formula is C12H19O2P. The van der Waals surface area contributed by atoms with Crippen molar-refractivity contribution in [3.8, 4) is 5.75 Å².